The third kappa shape index (κ3) is 1.22. The molecule has 0 saturated carbocycles. The Morgan fingerprint density at radius 2 is 2.50 bits per heavy atom. The molecule has 2 aliphatic heterocycles. The fourth-order valence-electron chi connectivity index (χ4n) is 1.39. The van der Waals surface area contributed by atoms with Crippen molar-refractivity contribution in [3.8, 4) is 0 Å². The maximum atomic E-state index is 11.4. The van der Waals surface area contributed by atoms with Gasteiger partial charge in [-0.25, -0.2) is 4.99 Å². The van der Waals surface area contributed by atoms with Crippen molar-refractivity contribution in [1.29, 1.82) is 0 Å². The predicted molar refractivity (Wildman–Crippen MR) is 48.6 cm³/mol. The summed E-state index contributed by atoms with van der Waals surface area (Å²) in [6.07, 6.45) is 1.68. The van der Waals surface area contributed by atoms with Crippen LogP contribution in [-0.4, -0.2) is 48.8 Å². The molecule has 2 unspecified atom stereocenters. The Hall–Kier alpha value is -1.92. The van der Waals surface area contributed by atoms with Gasteiger partial charge < -0.3 is 4.90 Å². The Kier molecular flexibility index (Phi) is 1.91. The predicted octanol–water partition coefficient (Wildman–Crippen LogP) is -2.11. The molecule has 0 spiro atoms. The molecule has 0 aromatic rings. The van der Waals surface area contributed by atoms with E-state index in [0.29, 0.717) is 6.41 Å². The molecule has 2 atom stereocenters. The van der Waals surface area contributed by atoms with Crippen LogP contribution >= 0.6 is 0 Å². The molecule has 2 N–H and O–H groups in total. The molecule has 0 aromatic carbocycles. The summed E-state index contributed by atoms with van der Waals surface area (Å²) in [4.78, 5) is 31.4. The van der Waals surface area contributed by atoms with Crippen molar-refractivity contribution < 1.29 is 9.59 Å². The quantitative estimate of drug-likeness (QED) is 0.469. The molecule has 0 fully saturated rings. The first-order valence-electron chi connectivity index (χ1n) is 4.06. The molecular weight excluding hydrogens is 186 g/mol. The first-order chi connectivity index (χ1) is 6.72. The minimum Gasteiger partial charge on any atom is -0.342 e. The van der Waals surface area contributed by atoms with Crippen LogP contribution in [0.2, 0.25) is 0 Å². The van der Waals surface area contributed by atoms with Gasteiger partial charge in [0.25, 0.3) is 5.91 Å². The molecular formula is C7H9N5O2. The van der Waals surface area contributed by atoms with E-state index in [-0.39, 0.29) is 18.0 Å². The summed E-state index contributed by atoms with van der Waals surface area (Å²) >= 11 is 0. The molecule has 0 saturated heterocycles. The molecule has 14 heavy (non-hydrogen) atoms. The van der Waals surface area contributed by atoms with E-state index in [4.69, 9.17) is 0 Å². The number of aliphatic imine (C=N–C) groups is 2. The van der Waals surface area contributed by atoms with Crippen molar-refractivity contribution in [3.05, 3.63) is 0 Å². The molecule has 0 aromatic heterocycles. The van der Waals surface area contributed by atoms with Gasteiger partial charge in [0.05, 0.1) is 6.34 Å². The summed E-state index contributed by atoms with van der Waals surface area (Å²) < 4.78 is 0. The second-order valence-corrected chi connectivity index (χ2v) is 3.02. The van der Waals surface area contributed by atoms with Crippen molar-refractivity contribution in [1.82, 2.24) is 15.5 Å². The molecule has 7 heteroatoms. The minimum absolute atomic E-state index is 0.170. The average Bonchev–Trinajstić information content (AvgIpc) is 2.49. The highest BCUT2D eigenvalue weighted by molar-refractivity contribution is 6.05. The smallest absolute Gasteiger partial charge is 0.255 e. The molecule has 0 aliphatic carbocycles. The van der Waals surface area contributed by atoms with Crippen molar-refractivity contribution >= 4 is 24.6 Å². The molecule has 0 bridgehead atoms. The summed E-state index contributed by atoms with van der Waals surface area (Å²) in [5, 5.41) is 4.74. The van der Waals surface area contributed by atoms with E-state index < -0.39 is 6.04 Å². The lowest BCUT2D eigenvalue weighted by Gasteiger charge is -2.25. The molecule has 2 aliphatic rings. The van der Waals surface area contributed by atoms with Crippen LogP contribution in [0, 0.1) is 0 Å². The van der Waals surface area contributed by atoms with Gasteiger partial charge in [-0.2, -0.15) is 0 Å². The SMILES string of the molecule is CN1C=NC2C(=O)NC(NC=O)=NC21. The van der Waals surface area contributed by atoms with Crippen LogP contribution in [0.4, 0.5) is 0 Å². The van der Waals surface area contributed by atoms with Gasteiger partial charge in [0.15, 0.2) is 12.2 Å². The second kappa shape index (κ2) is 3.09. The lowest BCUT2D eigenvalue weighted by molar-refractivity contribution is -0.122. The standard InChI is InChI=1S/C7H9N5O2/c1-12-2-8-4-5(12)10-7(9-3-13)11-6(4)14/h2-5H,1H3,(H2,9,10,11,13,14). The third-order valence-corrected chi connectivity index (χ3v) is 2.08. The number of carbonyl (C=O) groups excluding carboxylic acids is 2. The zero-order valence-electron chi connectivity index (χ0n) is 7.47. The molecule has 2 heterocycles. The molecule has 2 rings (SSSR count). The highest BCUT2D eigenvalue weighted by Crippen LogP contribution is 2.15. The Morgan fingerprint density at radius 3 is 3.21 bits per heavy atom. The highest BCUT2D eigenvalue weighted by atomic mass is 16.2. The van der Waals surface area contributed by atoms with Crippen molar-refractivity contribution in [2.45, 2.75) is 12.2 Å². The second-order valence-electron chi connectivity index (χ2n) is 3.02. The van der Waals surface area contributed by atoms with Gasteiger partial charge in [-0.3, -0.25) is 25.2 Å². The maximum absolute atomic E-state index is 11.4. The van der Waals surface area contributed by atoms with Crippen LogP contribution in [0.5, 0.6) is 0 Å². The van der Waals surface area contributed by atoms with E-state index in [1.54, 1.807) is 18.3 Å². The van der Waals surface area contributed by atoms with E-state index in [0.717, 1.165) is 0 Å². The highest BCUT2D eigenvalue weighted by Gasteiger charge is 2.38. The summed E-state index contributed by atoms with van der Waals surface area (Å²) in [5.41, 5.74) is 0. The number of hydrogen-bond donors (Lipinski definition) is 2. The van der Waals surface area contributed by atoms with E-state index in [9.17, 15) is 9.59 Å². The van der Waals surface area contributed by atoms with E-state index in [1.807, 2.05) is 0 Å². The Balaban J connectivity index is 2.23. The van der Waals surface area contributed by atoms with Crippen LogP contribution in [0.25, 0.3) is 0 Å². The van der Waals surface area contributed by atoms with Gasteiger partial charge in [0.2, 0.25) is 12.4 Å². The number of likely N-dealkylation sites (N-methyl/N-ethyl adjacent to an activating group) is 1. The average molecular weight is 195 g/mol. The van der Waals surface area contributed by atoms with Crippen molar-refractivity contribution in [2.24, 2.45) is 9.98 Å². The lowest BCUT2D eigenvalue weighted by Crippen LogP contribution is -2.54. The van der Waals surface area contributed by atoms with Crippen LogP contribution in [0.15, 0.2) is 9.98 Å². The van der Waals surface area contributed by atoms with Crippen molar-refractivity contribution in [3.63, 3.8) is 0 Å². The number of hydrogen-bond acceptors (Lipinski definition) is 5. The third-order valence-electron chi connectivity index (χ3n) is 2.08. The van der Waals surface area contributed by atoms with Gasteiger partial charge >= 0.3 is 0 Å². The van der Waals surface area contributed by atoms with E-state index in [2.05, 4.69) is 20.6 Å². The summed E-state index contributed by atoms with van der Waals surface area (Å²) in [6, 6.07) is -0.503. The van der Waals surface area contributed by atoms with Gasteiger partial charge in [-0.05, 0) is 0 Å². The normalized spacial score (nSPS) is 29.4. The number of fused-ring (bicyclic) bond motifs is 1. The Labute approximate surface area is 79.9 Å². The summed E-state index contributed by atoms with van der Waals surface area (Å²) in [7, 11) is 1.77. The Morgan fingerprint density at radius 1 is 1.71 bits per heavy atom. The minimum atomic E-state index is -0.503. The van der Waals surface area contributed by atoms with Crippen LogP contribution in [-0.2, 0) is 9.59 Å². The van der Waals surface area contributed by atoms with Crippen LogP contribution < -0.4 is 10.6 Å². The van der Waals surface area contributed by atoms with Gasteiger partial charge in [-0.1, -0.05) is 0 Å². The molecule has 7 nitrogen and oxygen atoms in total. The first kappa shape index (κ1) is 8.67. The van der Waals surface area contributed by atoms with Gasteiger partial charge in [0.1, 0.15) is 0 Å². The topological polar surface area (TPSA) is 86.2 Å². The zero-order valence-corrected chi connectivity index (χ0v) is 7.47. The molecule has 2 amide bonds. The fraction of sp³-hybridized carbons (Fsp3) is 0.429. The van der Waals surface area contributed by atoms with Crippen LogP contribution in [0.3, 0.4) is 0 Å². The number of carbonyl (C=O) groups is 2. The van der Waals surface area contributed by atoms with Crippen molar-refractivity contribution in [2.75, 3.05) is 7.05 Å². The lowest BCUT2D eigenvalue weighted by atomic mass is 10.2. The largest absolute Gasteiger partial charge is 0.342 e. The number of rotatable bonds is 1. The fourth-order valence-corrected chi connectivity index (χ4v) is 1.39. The number of guanidine groups is 1. The van der Waals surface area contributed by atoms with E-state index in [1.165, 1.54) is 0 Å². The maximum Gasteiger partial charge on any atom is 0.255 e. The van der Waals surface area contributed by atoms with Gasteiger partial charge in [-0.15, -0.1) is 0 Å². The zero-order chi connectivity index (χ0) is 10.1. The molecule has 0 radical (unpaired) electrons. The summed E-state index contributed by atoms with van der Waals surface area (Å²) in [5.74, 6) is -0.0847. The number of nitrogens with one attached hydrogen (secondary N) is 2. The monoisotopic (exact) mass is 195 g/mol. The van der Waals surface area contributed by atoms with E-state index >= 15 is 0 Å². The number of amides is 2. The Bertz CT molecular complexity index is 337. The van der Waals surface area contributed by atoms with Crippen LogP contribution in [0.1, 0.15) is 0 Å². The molecule has 74 valence electrons. The number of nitrogens with zero attached hydrogens (tertiary/aromatic N) is 3. The van der Waals surface area contributed by atoms with Gasteiger partial charge in [0, 0.05) is 7.05 Å². The first-order valence-corrected chi connectivity index (χ1v) is 4.06. The summed E-state index contributed by atoms with van der Waals surface area (Å²) in [6.45, 7) is 0.